The number of piperidine rings is 1. The fourth-order valence-electron chi connectivity index (χ4n) is 2.35. The first-order chi connectivity index (χ1) is 9.87. The normalized spacial score (nSPS) is 17.8. The Labute approximate surface area is 129 Å². The molecule has 6 nitrogen and oxygen atoms in total. The second-order valence-electron chi connectivity index (χ2n) is 5.10. The molecule has 1 aliphatic rings. The van der Waals surface area contributed by atoms with Gasteiger partial charge in [-0.2, -0.15) is 0 Å². The standard InChI is InChI=1S/C13H18ClN3O3S/c14-10-2-1-3-12(8-10)21(19,20)16-11-4-6-17(7-5-11)9-13(15)18/h1-3,8,11,16H,4-7,9H2,(H2,15,18). The van der Waals surface area contributed by atoms with Crippen molar-refractivity contribution in [2.45, 2.75) is 23.8 Å². The smallest absolute Gasteiger partial charge is 0.240 e. The van der Waals surface area contributed by atoms with Gasteiger partial charge in [-0.25, -0.2) is 13.1 Å². The molecule has 8 heteroatoms. The average molecular weight is 332 g/mol. The molecule has 21 heavy (non-hydrogen) atoms. The highest BCUT2D eigenvalue weighted by atomic mass is 35.5. The molecule has 0 unspecified atom stereocenters. The lowest BCUT2D eigenvalue weighted by molar-refractivity contribution is -0.119. The van der Waals surface area contributed by atoms with Crippen LogP contribution >= 0.6 is 11.6 Å². The van der Waals surface area contributed by atoms with Gasteiger partial charge in [-0.15, -0.1) is 0 Å². The molecule has 0 bridgehead atoms. The van der Waals surface area contributed by atoms with Crippen LogP contribution in [0, 0.1) is 0 Å². The highest BCUT2D eigenvalue weighted by Crippen LogP contribution is 2.18. The van der Waals surface area contributed by atoms with Gasteiger partial charge in [0.05, 0.1) is 11.4 Å². The van der Waals surface area contributed by atoms with E-state index in [1.54, 1.807) is 12.1 Å². The van der Waals surface area contributed by atoms with Gasteiger partial charge in [0.2, 0.25) is 15.9 Å². The topological polar surface area (TPSA) is 92.5 Å². The molecule has 3 N–H and O–H groups in total. The molecule has 1 aromatic rings. The first kappa shape index (κ1) is 16.2. The van der Waals surface area contributed by atoms with Crippen LogP contribution in [0.1, 0.15) is 12.8 Å². The third kappa shape index (κ3) is 4.67. The number of sulfonamides is 1. The lowest BCUT2D eigenvalue weighted by Crippen LogP contribution is -2.46. The lowest BCUT2D eigenvalue weighted by Gasteiger charge is -2.31. The number of primary amides is 1. The van der Waals surface area contributed by atoms with Crippen molar-refractivity contribution in [2.75, 3.05) is 19.6 Å². The number of carbonyl (C=O) groups is 1. The third-order valence-corrected chi connectivity index (χ3v) is 5.15. The highest BCUT2D eigenvalue weighted by Gasteiger charge is 2.25. The van der Waals surface area contributed by atoms with E-state index in [1.807, 2.05) is 4.90 Å². The summed E-state index contributed by atoms with van der Waals surface area (Å²) in [5.41, 5.74) is 5.15. The molecule has 116 valence electrons. The molecule has 0 spiro atoms. The molecule has 0 radical (unpaired) electrons. The zero-order chi connectivity index (χ0) is 15.5. The minimum absolute atomic E-state index is 0.141. The molecule has 1 aromatic carbocycles. The zero-order valence-corrected chi connectivity index (χ0v) is 13.0. The quantitative estimate of drug-likeness (QED) is 0.825. The van der Waals surface area contributed by atoms with Crippen LogP contribution in [0.4, 0.5) is 0 Å². The van der Waals surface area contributed by atoms with E-state index in [4.69, 9.17) is 17.3 Å². The minimum atomic E-state index is -3.57. The maximum atomic E-state index is 12.3. The second-order valence-corrected chi connectivity index (χ2v) is 7.25. The number of benzene rings is 1. The number of rotatable bonds is 5. The SMILES string of the molecule is NC(=O)CN1CCC(NS(=O)(=O)c2cccc(Cl)c2)CC1. The van der Waals surface area contributed by atoms with Gasteiger partial charge in [-0.05, 0) is 31.0 Å². The van der Waals surface area contributed by atoms with E-state index in [1.165, 1.54) is 12.1 Å². The van der Waals surface area contributed by atoms with Gasteiger partial charge < -0.3 is 5.73 Å². The van der Waals surface area contributed by atoms with Crippen LogP contribution in [-0.4, -0.2) is 44.9 Å². The van der Waals surface area contributed by atoms with E-state index in [-0.39, 0.29) is 23.4 Å². The van der Waals surface area contributed by atoms with Crippen LogP contribution in [-0.2, 0) is 14.8 Å². The van der Waals surface area contributed by atoms with Crippen LogP contribution in [0.5, 0.6) is 0 Å². The van der Waals surface area contributed by atoms with Crippen molar-refractivity contribution in [3.05, 3.63) is 29.3 Å². The summed E-state index contributed by atoms with van der Waals surface area (Å²) < 4.78 is 27.2. The molecule has 1 saturated heterocycles. The van der Waals surface area contributed by atoms with Gasteiger partial charge >= 0.3 is 0 Å². The average Bonchev–Trinajstić information content (AvgIpc) is 2.40. The van der Waals surface area contributed by atoms with Crippen LogP contribution < -0.4 is 10.5 Å². The number of hydrogen-bond donors (Lipinski definition) is 2. The van der Waals surface area contributed by atoms with Gasteiger partial charge in [0.25, 0.3) is 0 Å². The number of likely N-dealkylation sites (tertiary alicyclic amines) is 1. The fraction of sp³-hybridized carbons (Fsp3) is 0.462. The summed E-state index contributed by atoms with van der Waals surface area (Å²) in [6, 6.07) is 6.02. The van der Waals surface area contributed by atoms with E-state index in [0.29, 0.717) is 31.0 Å². The molecule has 2 rings (SSSR count). The zero-order valence-electron chi connectivity index (χ0n) is 11.5. The predicted molar refractivity (Wildman–Crippen MR) is 80.4 cm³/mol. The molecular formula is C13H18ClN3O3S. The predicted octanol–water partition coefficient (Wildman–Crippen LogP) is 0.568. The van der Waals surface area contributed by atoms with Crippen LogP contribution in [0.25, 0.3) is 0 Å². The fourth-order valence-corrected chi connectivity index (χ4v) is 3.96. The monoisotopic (exact) mass is 331 g/mol. The summed E-state index contributed by atoms with van der Waals surface area (Å²) in [5, 5.41) is 0.383. The van der Waals surface area contributed by atoms with Crippen molar-refractivity contribution in [3.8, 4) is 0 Å². The molecule has 0 saturated carbocycles. The van der Waals surface area contributed by atoms with Gasteiger partial charge in [0.1, 0.15) is 0 Å². The second kappa shape index (κ2) is 6.74. The number of amides is 1. The number of hydrogen-bond acceptors (Lipinski definition) is 4. The summed E-state index contributed by atoms with van der Waals surface area (Å²) in [4.78, 5) is 12.9. The maximum Gasteiger partial charge on any atom is 0.240 e. The molecule has 0 aromatic heterocycles. The Morgan fingerprint density at radius 2 is 2.05 bits per heavy atom. The van der Waals surface area contributed by atoms with E-state index >= 15 is 0 Å². The van der Waals surface area contributed by atoms with E-state index < -0.39 is 10.0 Å². The van der Waals surface area contributed by atoms with E-state index in [2.05, 4.69) is 4.72 Å². The number of nitrogens with two attached hydrogens (primary N) is 1. The Hall–Kier alpha value is -1.15. The van der Waals surface area contributed by atoms with Gasteiger partial charge in [0, 0.05) is 24.2 Å². The summed E-state index contributed by atoms with van der Waals surface area (Å²) in [6.07, 6.45) is 1.29. The van der Waals surface area contributed by atoms with Crippen molar-refractivity contribution in [1.29, 1.82) is 0 Å². The summed E-state index contributed by atoms with van der Waals surface area (Å²) in [6.45, 7) is 1.51. The number of carbonyl (C=O) groups excluding carboxylic acids is 1. The number of nitrogens with zero attached hydrogens (tertiary/aromatic N) is 1. The molecule has 0 aliphatic carbocycles. The van der Waals surface area contributed by atoms with E-state index in [9.17, 15) is 13.2 Å². The molecular weight excluding hydrogens is 314 g/mol. The largest absolute Gasteiger partial charge is 0.369 e. The van der Waals surface area contributed by atoms with Gasteiger partial charge in [-0.3, -0.25) is 9.69 Å². The molecule has 1 fully saturated rings. The Kier molecular flexibility index (Phi) is 5.21. The highest BCUT2D eigenvalue weighted by molar-refractivity contribution is 7.89. The molecule has 0 atom stereocenters. The number of halogens is 1. The van der Waals surface area contributed by atoms with Crippen LogP contribution in [0.15, 0.2) is 29.2 Å². The van der Waals surface area contributed by atoms with Crippen molar-refractivity contribution in [2.24, 2.45) is 5.73 Å². The van der Waals surface area contributed by atoms with E-state index in [0.717, 1.165) is 0 Å². The molecule has 1 aliphatic heterocycles. The first-order valence-electron chi connectivity index (χ1n) is 6.65. The summed E-state index contributed by atoms with van der Waals surface area (Å²) in [5.74, 6) is -0.368. The summed E-state index contributed by atoms with van der Waals surface area (Å²) in [7, 11) is -3.57. The molecule has 1 amide bonds. The third-order valence-electron chi connectivity index (χ3n) is 3.40. The maximum absolute atomic E-state index is 12.3. The van der Waals surface area contributed by atoms with Crippen LogP contribution in [0.2, 0.25) is 5.02 Å². The Morgan fingerprint density at radius 3 is 2.62 bits per heavy atom. The van der Waals surface area contributed by atoms with Crippen molar-refractivity contribution >= 4 is 27.5 Å². The number of nitrogens with one attached hydrogen (secondary N) is 1. The van der Waals surface area contributed by atoms with Gasteiger partial charge in [-0.1, -0.05) is 17.7 Å². The lowest BCUT2D eigenvalue weighted by atomic mass is 10.1. The van der Waals surface area contributed by atoms with Gasteiger partial charge in [0.15, 0.2) is 0 Å². The van der Waals surface area contributed by atoms with Crippen LogP contribution in [0.3, 0.4) is 0 Å². The van der Waals surface area contributed by atoms with Crippen molar-refractivity contribution < 1.29 is 13.2 Å². The Morgan fingerprint density at radius 1 is 1.38 bits per heavy atom. The Bertz CT molecular complexity index is 613. The van der Waals surface area contributed by atoms with Crippen molar-refractivity contribution in [1.82, 2.24) is 9.62 Å². The Balaban J connectivity index is 1.95. The minimum Gasteiger partial charge on any atom is -0.369 e. The van der Waals surface area contributed by atoms with Crippen molar-refractivity contribution in [3.63, 3.8) is 0 Å². The first-order valence-corrected chi connectivity index (χ1v) is 8.51. The molecule has 1 heterocycles. The summed E-state index contributed by atoms with van der Waals surface area (Å²) >= 11 is 5.82.